The van der Waals surface area contributed by atoms with Gasteiger partial charge in [-0.05, 0) is 18.2 Å². The van der Waals surface area contributed by atoms with Crippen molar-refractivity contribution in [2.45, 2.75) is 0 Å². The van der Waals surface area contributed by atoms with Crippen molar-refractivity contribution in [3.05, 3.63) is 23.9 Å². The van der Waals surface area contributed by atoms with Gasteiger partial charge in [0.1, 0.15) is 11.4 Å². The van der Waals surface area contributed by atoms with Crippen molar-refractivity contribution >= 4 is 29.0 Å². The van der Waals surface area contributed by atoms with Crippen LogP contribution in [0.4, 0.5) is 5.69 Å². The van der Waals surface area contributed by atoms with Gasteiger partial charge in [-0.1, -0.05) is 0 Å². The summed E-state index contributed by atoms with van der Waals surface area (Å²) in [6.07, 6.45) is 0.439. The van der Waals surface area contributed by atoms with Gasteiger partial charge in [0.15, 0.2) is 0 Å². The van der Waals surface area contributed by atoms with E-state index in [0.29, 0.717) is 23.1 Å². The first-order chi connectivity index (χ1) is 8.17. The van der Waals surface area contributed by atoms with Crippen LogP contribution >= 0.6 is 0 Å². The predicted molar refractivity (Wildman–Crippen MR) is 61.5 cm³/mol. The molecule has 0 saturated carbocycles. The van der Waals surface area contributed by atoms with Gasteiger partial charge in [0.05, 0.1) is 12.8 Å². The molecule has 88 valence electrons. The van der Waals surface area contributed by atoms with Crippen molar-refractivity contribution in [3.63, 3.8) is 0 Å². The van der Waals surface area contributed by atoms with E-state index in [9.17, 15) is 9.59 Å². The number of carboxylic acids is 1. The number of fused-ring (bicyclic) bond motifs is 1. The van der Waals surface area contributed by atoms with Gasteiger partial charge in [-0.2, -0.15) is 0 Å². The highest BCUT2D eigenvalue weighted by Gasteiger charge is 2.17. The van der Waals surface area contributed by atoms with Crippen LogP contribution in [0.25, 0.3) is 10.9 Å². The lowest BCUT2D eigenvalue weighted by Crippen LogP contribution is -2.03. The van der Waals surface area contributed by atoms with Crippen LogP contribution in [-0.2, 0) is 4.79 Å². The topological polar surface area (TPSA) is 91.4 Å². The third-order valence-corrected chi connectivity index (χ3v) is 2.42. The van der Waals surface area contributed by atoms with Gasteiger partial charge in [0.2, 0.25) is 6.41 Å². The molecule has 1 aromatic carbocycles. The SMILES string of the molecule is COc1ccc2[nH]c(C(=O)O)c(NC=O)c2c1. The highest BCUT2D eigenvalue weighted by molar-refractivity contribution is 6.08. The fourth-order valence-electron chi connectivity index (χ4n) is 1.67. The van der Waals surface area contributed by atoms with Crippen molar-refractivity contribution < 1.29 is 19.4 Å². The number of aromatic nitrogens is 1. The summed E-state index contributed by atoms with van der Waals surface area (Å²) in [6.45, 7) is 0. The quantitative estimate of drug-likeness (QED) is 0.698. The Morgan fingerprint density at radius 3 is 2.88 bits per heavy atom. The Morgan fingerprint density at radius 2 is 2.29 bits per heavy atom. The molecule has 1 heterocycles. The van der Waals surface area contributed by atoms with Gasteiger partial charge < -0.3 is 20.1 Å². The fourth-order valence-corrected chi connectivity index (χ4v) is 1.67. The number of carbonyl (C=O) groups is 2. The molecule has 0 atom stereocenters. The van der Waals surface area contributed by atoms with E-state index in [4.69, 9.17) is 9.84 Å². The third kappa shape index (κ3) is 1.80. The van der Waals surface area contributed by atoms with Crippen molar-refractivity contribution in [2.75, 3.05) is 12.4 Å². The van der Waals surface area contributed by atoms with Gasteiger partial charge >= 0.3 is 5.97 Å². The van der Waals surface area contributed by atoms with E-state index in [1.165, 1.54) is 7.11 Å². The summed E-state index contributed by atoms with van der Waals surface area (Å²) in [4.78, 5) is 24.2. The molecular formula is C11H10N2O4. The molecule has 0 aliphatic rings. The van der Waals surface area contributed by atoms with Crippen LogP contribution in [0.15, 0.2) is 18.2 Å². The number of anilines is 1. The number of H-pyrrole nitrogens is 1. The van der Waals surface area contributed by atoms with E-state index in [2.05, 4.69) is 10.3 Å². The van der Waals surface area contributed by atoms with E-state index in [1.54, 1.807) is 18.2 Å². The standard InChI is InChI=1S/C11H10N2O4/c1-17-6-2-3-8-7(4-6)9(12-5-14)10(13-8)11(15)16/h2-5,13H,1H3,(H,12,14)(H,15,16). The van der Waals surface area contributed by atoms with Gasteiger partial charge in [-0.25, -0.2) is 4.79 Å². The van der Waals surface area contributed by atoms with Crippen LogP contribution < -0.4 is 10.1 Å². The number of benzene rings is 1. The second-order valence-corrected chi connectivity index (χ2v) is 3.35. The lowest BCUT2D eigenvalue weighted by Gasteiger charge is -2.01. The number of carbonyl (C=O) groups excluding carboxylic acids is 1. The monoisotopic (exact) mass is 234 g/mol. The Bertz CT molecular complexity index is 588. The number of aromatic amines is 1. The highest BCUT2D eigenvalue weighted by Crippen LogP contribution is 2.30. The maximum atomic E-state index is 11.0. The number of methoxy groups -OCH3 is 1. The smallest absolute Gasteiger partial charge is 0.354 e. The summed E-state index contributed by atoms with van der Waals surface area (Å²) in [7, 11) is 1.51. The van der Waals surface area contributed by atoms with Crippen molar-refractivity contribution in [1.29, 1.82) is 0 Å². The minimum absolute atomic E-state index is 0.0552. The van der Waals surface area contributed by atoms with Gasteiger partial charge in [-0.15, -0.1) is 0 Å². The second-order valence-electron chi connectivity index (χ2n) is 3.35. The summed E-state index contributed by atoms with van der Waals surface area (Å²) in [5.74, 6) is -0.549. The Morgan fingerprint density at radius 1 is 1.53 bits per heavy atom. The number of aromatic carboxylic acids is 1. The van der Waals surface area contributed by atoms with E-state index in [1.807, 2.05) is 0 Å². The molecule has 0 bridgehead atoms. The molecule has 1 aromatic heterocycles. The maximum Gasteiger partial charge on any atom is 0.354 e. The number of rotatable bonds is 4. The Hall–Kier alpha value is -2.50. The van der Waals surface area contributed by atoms with E-state index < -0.39 is 5.97 Å². The lowest BCUT2D eigenvalue weighted by atomic mass is 10.2. The molecule has 2 rings (SSSR count). The molecule has 1 amide bonds. The van der Waals surface area contributed by atoms with E-state index in [0.717, 1.165) is 0 Å². The molecule has 17 heavy (non-hydrogen) atoms. The second kappa shape index (κ2) is 4.17. The third-order valence-electron chi connectivity index (χ3n) is 2.42. The average molecular weight is 234 g/mol. The summed E-state index contributed by atoms with van der Waals surface area (Å²) >= 11 is 0. The van der Waals surface area contributed by atoms with E-state index in [-0.39, 0.29) is 11.4 Å². The normalized spacial score (nSPS) is 10.2. The molecule has 0 aliphatic carbocycles. The summed E-state index contributed by atoms with van der Waals surface area (Å²) in [5.41, 5.74) is 0.800. The Balaban J connectivity index is 2.71. The van der Waals surface area contributed by atoms with Gasteiger partial charge in [0, 0.05) is 10.9 Å². The maximum absolute atomic E-state index is 11.0. The molecule has 6 nitrogen and oxygen atoms in total. The van der Waals surface area contributed by atoms with Crippen LogP contribution in [0.2, 0.25) is 0 Å². The first-order valence-corrected chi connectivity index (χ1v) is 4.80. The van der Waals surface area contributed by atoms with Crippen molar-refractivity contribution in [3.8, 4) is 5.75 Å². The number of amides is 1. The Kier molecular flexibility index (Phi) is 2.70. The minimum atomic E-state index is -1.13. The first kappa shape index (κ1) is 11.0. The largest absolute Gasteiger partial charge is 0.497 e. The minimum Gasteiger partial charge on any atom is -0.497 e. The summed E-state index contributed by atoms with van der Waals surface area (Å²) in [5, 5.41) is 12.0. The lowest BCUT2D eigenvalue weighted by molar-refractivity contribution is -0.105. The van der Waals surface area contributed by atoms with Crippen LogP contribution in [0, 0.1) is 0 Å². The molecule has 0 fully saturated rings. The zero-order valence-electron chi connectivity index (χ0n) is 8.98. The number of nitrogens with one attached hydrogen (secondary N) is 2. The number of ether oxygens (including phenoxy) is 1. The first-order valence-electron chi connectivity index (χ1n) is 4.80. The van der Waals surface area contributed by atoms with Crippen LogP contribution in [0.1, 0.15) is 10.5 Å². The predicted octanol–water partition coefficient (Wildman–Crippen LogP) is 1.44. The molecule has 0 saturated heterocycles. The molecule has 3 N–H and O–H groups in total. The molecule has 0 spiro atoms. The summed E-state index contributed by atoms with van der Waals surface area (Å²) in [6, 6.07) is 5.05. The molecule has 0 aliphatic heterocycles. The molecular weight excluding hydrogens is 224 g/mol. The van der Waals surface area contributed by atoms with Crippen LogP contribution in [0.5, 0.6) is 5.75 Å². The zero-order valence-corrected chi connectivity index (χ0v) is 8.98. The number of hydrogen-bond acceptors (Lipinski definition) is 3. The Labute approximate surface area is 96.2 Å². The van der Waals surface area contributed by atoms with Gasteiger partial charge in [0.25, 0.3) is 0 Å². The van der Waals surface area contributed by atoms with Crippen molar-refractivity contribution in [2.24, 2.45) is 0 Å². The molecule has 2 aromatic rings. The number of carboxylic acid groups (broad SMARTS) is 1. The molecule has 6 heteroatoms. The van der Waals surface area contributed by atoms with Crippen LogP contribution in [0.3, 0.4) is 0 Å². The zero-order chi connectivity index (χ0) is 12.4. The number of hydrogen-bond donors (Lipinski definition) is 3. The molecule has 0 unspecified atom stereocenters. The van der Waals surface area contributed by atoms with E-state index >= 15 is 0 Å². The van der Waals surface area contributed by atoms with Gasteiger partial charge in [-0.3, -0.25) is 4.79 Å². The highest BCUT2D eigenvalue weighted by atomic mass is 16.5. The van der Waals surface area contributed by atoms with Crippen LogP contribution in [-0.4, -0.2) is 29.6 Å². The average Bonchev–Trinajstić information content (AvgIpc) is 2.68. The summed E-state index contributed by atoms with van der Waals surface area (Å²) < 4.78 is 5.05. The fraction of sp³-hybridized carbons (Fsp3) is 0.0909. The van der Waals surface area contributed by atoms with Crippen molar-refractivity contribution in [1.82, 2.24) is 4.98 Å². The molecule has 0 radical (unpaired) electrons.